The molecular formula is C21H13Cl2NOS. The van der Waals surface area contributed by atoms with Crippen LogP contribution in [0.2, 0.25) is 10.0 Å². The van der Waals surface area contributed by atoms with Crippen LogP contribution in [0.25, 0.3) is 20.9 Å². The van der Waals surface area contributed by atoms with Crippen molar-refractivity contribution in [2.45, 2.75) is 12.8 Å². The van der Waals surface area contributed by atoms with E-state index in [0.717, 1.165) is 34.0 Å². The number of anilines is 1. The number of hydrogen-bond donors (Lipinski definition) is 1. The molecule has 2 nitrogen and oxygen atoms in total. The van der Waals surface area contributed by atoms with Gasteiger partial charge in [0.2, 0.25) is 0 Å². The molecule has 4 aromatic rings. The summed E-state index contributed by atoms with van der Waals surface area (Å²) in [7, 11) is 0. The van der Waals surface area contributed by atoms with E-state index in [2.05, 4.69) is 29.6 Å². The third-order valence-corrected chi connectivity index (χ3v) is 6.81. The zero-order chi connectivity index (χ0) is 17.8. The van der Waals surface area contributed by atoms with Gasteiger partial charge in [-0.2, -0.15) is 0 Å². The van der Waals surface area contributed by atoms with E-state index in [1.165, 1.54) is 27.8 Å². The van der Waals surface area contributed by atoms with Gasteiger partial charge < -0.3 is 5.32 Å². The summed E-state index contributed by atoms with van der Waals surface area (Å²) in [5, 5.41) is 7.38. The van der Waals surface area contributed by atoms with Crippen LogP contribution in [0.5, 0.6) is 0 Å². The number of halogens is 2. The lowest BCUT2D eigenvalue weighted by Gasteiger charge is -2.10. The van der Waals surface area contributed by atoms with E-state index in [0.29, 0.717) is 14.9 Å². The molecule has 0 saturated heterocycles. The van der Waals surface area contributed by atoms with Crippen LogP contribution in [0.3, 0.4) is 0 Å². The first kappa shape index (κ1) is 16.1. The molecule has 1 heterocycles. The van der Waals surface area contributed by atoms with Crippen LogP contribution in [-0.2, 0) is 12.8 Å². The third kappa shape index (κ3) is 2.43. The number of hydrogen-bond acceptors (Lipinski definition) is 2. The van der Waals surface area contributed by atoms with Gasteiger partial charge in [0, 0.05) is 26.2 Å². The Morgan fingerprint density at radius 2 is 1.77 bits per heavy atom. The van der Waals surface area contributed by atoms with E-state index in [1.807, 2.05) is 18.2 Å². The molecule has 3 aromatic carbocycles. The predicted molar refractivity (Wildman–Crippen MR) is 111 cm³/mol. The first-order valence-corrected chi connectivity index (χ1v) is 9.91. The Labute approximate surface area is 164 Å². The lowest BCUT2D eigenvalue weighted by molar-refractivity contribution is 0.103. The SMILES string of the molecule is O=C(Nc1ccc2c3c(cccc13)CC2)c1sc2cc(Cl)ccc2c1Cl. The molecule has 0 unspecified atom stereocenters. The van der Waals surface area contributed by atoms with Crippen molar-refractivity contribution in [3.8, 4) is 0 Å². The normalized spacial score (nSPS) is 12.8. The van der Waals surface area contributed by atoms with Crippen molar-refractivity contribution in [3.05, 3.63) is 74.6 Å². The van der Waals surface area contributed by atoms with Gasteiger partial charge in [0.25, 0.3) is 5.91 Å². The number of carbonyl (C=O) groups is 1. The second-order valence-corrected chi connectivity index (χ2v) is 8.32. The second kappa shape index (κ2) is 5.98. The highest BCUT2D eigenvalue weighted by molar-refractivity contribution is 7.21. The van der Waals surface area contributed by atoms with Crippen molar-refractivity contribution in [2.75, 3.05) is 5.32 Å². The van der Waals surface area contributed by atoms with Gasteiger partial charge >= 0.3 is 0 Å². The molecule has 128 valence electrons. The monoisotopic (exact) mass is 397 g/mol. The van der Waals surface area contributed by atoms with Crippen LogP contribution in [0.15, 0.2) is 48.5 Å². The van der Waals surface area contributed by atoms with E-state index < -0.39 is 0 Å². The van der Waals surface area contributed by atoms with Gasteiger partial charge in [0.1, 0.15) is 4.88 Å². The minimum atomic E-state index is -0.189. The molecule has 1 aliphatic carbocycles. The number of nitrogens with one attached hydrogen (secondary N) is 1. The molecule has 1 N–H and O–H groups in total. The number of carbonyl (C=O) groups excluding carboxylic acids is 1. The standard InChI is InChI=1S/C21H13Cl2NOS/c22-13-7-8-15-17(10-13)26-20(19(15)23)21(25)24-16-9-6-12-5-4-11-2-1-3-14(16)18(11)12/h1-3,6-10H,4-5H2,(H,24,25). The fourth-order valence-electron chi connectivity index (χ4n) is 3.72. The Kier molecular flexibility index (Phi) is 3.71. The summed E-state index contributed by atoms with van der Waals surface area (Å²) < 4.78 is 0.910. The summed E-state index contributed by atoms with van der Waals surface area (Å²) in [6.07, 6.45) is 2.12. The topological polar surface area (TPSA) is 29.1 Å². The summed E-state index contributed by atoms with van der Waals surface area (Å²) in [6.45, 7) is 0. The van der Waals surface area contributed by atoms with Gasteiger partial charge in [0.05, 0.1) is 5.02 Å². The fourth-order valence-corrected chi connectivity index (χ4v) is 5.41. The highest BCUT2D eigenvalue weighted by Crippen LogP contribution is 2.38. The van der Waals surface area contributed by atoms with Gasteiger partial charge in [-0.15, -0.1) is 11.3 Å². The molecule has 0 spiro atoms. The van der Waals surface area contributed by atoms with Gasteiger partial charge in [0.15, 0.2) is 0 Å². The number of aryl methyl sites for hydroxylation is 2. The summed E-state index contributed by atoms with van der Waals surface area (Å²) in [4.78, 5) is 13.4. The summed E-state index contributed by atoms with van der Waals surface area (Å²) in [5.41, 5.74) is 3.52. The average molecular weight is 398 g/mol. The highest BCUT2D eigenvalue weighted by Gasteiger charge is 2.20. The molecule has 5 rings (SSSR count). The maximum absolute atomic E-state index is 12.9. The van der Waals surface area contributed by atoms with Crippen molar-refractivity contribution >= 4 is 67.0 Å². The maximum atomic E-state index is 12.9. The van der Waals surface area contributed by atoms with E-state index in [9.17, 15) is 4.79 Å². The predicted octanol–water partition coefficient (Wildman–Crippen LogP) is 6.71. The van der Waals surface area contributed by atoms with Crippen molar-refractivity contribution in [2.24, 2.45) is 0 Å². The molecule has 0 bridgehead atoms. The molecule has 1 aromatic heterocycles. The molecule has 0 saturated carbocycles. The minimum Gasteiger partial charge on any atom is -0.321 e. The Morgan fingerprint density at radius 1 is 0.962 bits per heavy atom. The van der Waals surface area contributed by atoms with E-state index >= 15 is 0 Å². The summed E-state index contributed by atoms with van der Waals surface area (Å²) >= 11 is 13.9. The molecular weight excluding hydrogens is 385 g/mol. The third-order valence-electron chi connectivity index (χ3n) is 4.92. The van der Waals surface area contributed by atoms with E-state index in [1.54, 1.807) is 6.07 Å². The van der Waals surface area contributed by atoms with Crippen LogP contribution >= 0.6 is 34.5 Å². The Balaban J connectivity index is 1.58. The van der Waals surface area contributed by atoms with Crippen molar-refractivity contribution < 1.29 is 4.79 Å². The van der Waals surface area contributed by atoms with Crippen LogP contribution in [0.1, 0.15) is 20.8 Å². The minimum absolute atomic E-state index is 0.189. The smallest absolute Gasteiger partial charge is 0.267 e. The first-order valence-electron chi connectivity index (χ1n) is 8.34. The highest BCUT2D eigenvalue weighted by atomic mass is 35.5. The zero-order valence-corrected chi connectivity index (χ0v) is 15.9. The Bertz CT molecular complexity index is 1200. The van der Waals surface area contributed by atoms with Crippen molar-refractivity contribution in [1.82, 2.24) is 0 Å². The number of thiophene rings is 1. The van der Waals surface area contributed by atoms with Gasteiger partial charge in [-0.1, -0.05) is 53.5 Å². The van der Waals surface area contributed by atoms with Crippen LogP contribution in [0.4, 0.5) is 5.69 Å². The zero-order valence-electron chi connectivity index (χ0n) is 13.6. The van der Waals surface area contributed by atoms with Crippen LogP contribution in [-0.4, -0.2) is 5.91 Å². The molecule has 26 heavy (non-hydrogen) atoms. The van der Waals surface area contributed by atoms with Gasteiger partial charge in [-0.25, -0.2) is 0 Å². The fraction of sp³-hybridized carbons (Fsp3) is 0.0952. The number of amides is 1. The van der Waals surface area contributed by atoms with Crippen LogP contribution < -0.4 is 5.32 Å². The summed E-state index contributed by atoms with van der Waals surface area (Å²) in [5.74, 6) is -0.189. The molecule has 0 radical (unpaired) electrons. The quantitative estimate of drug-likeness (QED) is 0.399. The number of fused-ring (bicyclic) bond motifs is 1. The lowest BCUT2D eigenvalue weighted by Crippen LogP contribution is -2.11. The molecule has 0 fully saturated rings. The van der Waals surface area contributed by atoms with Gasteiger partial charge in [-0.3, -0.25) is 4.79 Å². The second-order valence-electron chi connectivity index (χ2n) is 6.45. The Morgan fingerprint density at radius 3 is 2.62 bits per heavy atom. The number of rotatable bonds is 2. The average Bonchev–Trinajstić information content (AvgIpc) is 3.20. The molecule has 0 aliphatic heterocycles. The molecule has 1 aliphatic rings. The summed E-state index contributed by atoms with van der Waals surface area (Å²) in [6, 6.07) is 15.9. The van der Waals surface area contributed by atoms with Crippen LogP contribution in [0, 0.1) is 0 Å². The van der Waals surface area contributed by atoms with E-state index in [-0.39, 0.29) is 5.91 Å². The van der Waals surface area contributed by atoms with E-state index in [4.69, 9.17) is 23.2 Å². The van der Waals surface area contributed by atoms with Crippen molar-refractivity contribution in [3.63, 3.8) is 0 Å². The number of benzene rings is 3. The molecule has 5 heteroatoms. The van der Waals surface area contributed by atoms with Crippen molar-refractivity contribution in [1.29, 1.82) is 0 Å². The molecule has 0 atom stereocenters. The Hall–Kier alpha value is -2.07. The van der Waals surface area contributed by atoms with Gasteiger partial charge in [-0.05, 0) is 47.6 Å². The first-order chi connectivity index (χ1) is 12.6. The maximum Gasteiger partial charge on any atom is 0.267 e. The molecule has 1 amide bonds. The lowest BCUT2D eigenvalue weighted by atomic mass is 10.0. The largest absolute Gasteiger partial charge is 0.321 e.